The molecule has 0 aromatic carbocycles. The van der Waals surface area contributed by atoms with Gasteiger partial charge in [-0.05, 0) is 18.1 Å². The number of carboxylic acid groups (broad SMARTS) is 1. The fourth-order valence-corrected chi connectivity index (χ4v) is 1.30. The number of aromatic nitrogens is 1. The predicted octanol–water partition coefficient (Wildman–Crippen LogP) is 1.57. The summed E-state index contributed by atoms with van der Waals surface area (Å²) < 4.78 is 0. The average molecular weight is 248 g/mol. The highest BCUT2D eigenvalue weighted by Crippen LogP contribution is 2.09. The summed E-state index contributed by atoms with van der Waals surface area (Å²) in [5, 5.41) is 11.4. The van der Waals surface area contributed by atoms with E-state index in [2.05, 4.69) is 10.3 Å². The molecule has 0 aliphatic heterocycles. The Balaban J connectivity index is 2.87. The minimum Gasteiger partial charge on any atom is -0.478 e. The first-order valence-electron chi connectivity index (χ1n) is 5.64. The Hall–Kier alpha value is -2.17. The number of pyridine rings is 1. The number of hydrogen-bond acceptors (Lipinski definition) is 3. The summed E-state index contributed by atoms with van der Waals surface area (Å²) in [7, 11) is 0. The molecule has 0 bridgehead atoms. The predicted molar refractivity (Wildman–Crippen MR) is 68.1 cm³/mol. The topological polar surface area (TPSA) is 79.3 Å². The van der Waals surface area contributed by atoms with E-state index >= 15 is 0 Å². The van der Waals surface area contributed by atoms with Crippen LogP contribution in [0.3, 0.4) is 0 Å². The van der Waals surface area contributed by atoms with Gasteiger partial charge in [0, 0.05) is 36.1 Å². The van der Waals surface area contributed by atoms with Gasteiger partial charge in [-0.2, -0.15) is 0 Å². The molecular formula is C13H16N2O3. The molecule has 0 fully saturated rings. The van der Waals surface area contributed by atoms with E-state index in [0.29, 0.717) is 23.6 Å². The first-order valence-corrected chi connectivity index (χ1v) is 5.64. The third kappa shape index (κ3) is 4.37. The summed E-state index contributed by atoms with van der Waals surface area (Å²) in [6.45, 7) is 4.57. The Kier molecular flexibility index (Phi) is 5.05. The summed E-state index contributed by atoms with van der Waals surface area (Å²) in [6.07, 6.45) is 5.31. The monoisotopic (exact) mass is 248 g/mol. The van der Waals surface area contributed by atoms with Crippen LogP contribution in [0, 0.1) is 5.92 Å². The van der Waals surface area contributed by atoms with E-state index in [9.17, 15) is 9.59 Å². The van der Waals surface area contributed by atoms with Crippen LogP contribution in [0.4, 0.5) is 0 Å². The van der Waals surface area contributed by atoms with Crippen molar-refractivity contribution in [2.45, 2.75) is 13.8 Å². The maximum absolute atomic E-state index is 11.9. The van der Waals surface area contributed by atoms with E-state index in [1.807, 2.05) is 13.8 Å². The molecule has 0 aliphatic carbocycles. The van der Waals surface area contributed by atoms with Gasteiger partial charge in [0.1, 0.15) is 0 Å². The van der Waals surface area contributed by atoms with Gasteiger partial charge in [0.2, 0.25) is 0 Å². The van der Waals surface area contributed by atoms with Gasteiger partial charge in [0.15, 0.2) is 0 Å². The minimum atomic E-state index is -1.06. The molecule has 5 nitrogen and oxygen atoms in total. The second kappa shape index (κ2) is 6.54. The molecule has 0 saturated carbocycles. The maximum Gasteiger partial charge on any atom is 0.328 e. The SMILES string of the molecule is CC(C)CNC(=O)c1ccncc1C=CC(=O)O. The Labute approximate surface area is 106 Å². The summed E-state index contributed by atoms with van der Waals surface area (Å²) in [4.78, 5) is 26.2. The normalized spacial score (nSPS) is 10.8. The number of aliphatic carboxylic acids is 1. The molecule has 1 heterocycles. The van der Waals surface area contributed by atoms with Crippen LogP contribution in [-0.4, -0.2) is 28.5 Å². The number of hydrogen-bond donors (Lipinski definition) is 2. The molecule has 0 unspecified atom stereocenters. The van der Waals surface area contributed by atoms with Crippen LogP contribution in [0.15, 0.2) is 24.5 Å². The van der Waals surface area contributed by atoms with Gasteiger partial charge in [-0.25, -0.2) is 4.79 Å². The van der Waals surface area contributed by atoms with E-state index < -0.39 is 5.97 Å². The summed E-state index contributed by atoms with van der Waals surface area (Å²) in [5.41, 5.74) is 0.907. The van der Waals surface area contributed by atoms with E-state index in [1.54, 1.807) is 6.07 Å². The average Bonchev–Trinajstić information content (AvgIpc) is 2.33. The summed E-state index contributed by atoms with van der Waals surface area (Å²) >= 11 is 0. The zero-order valence-corrected chi connectivity index (χ0v) is 10.4. The van der Waals surface area contributed by atoms with Gasteiger partial charge >= 0.3 is 5.97 Å². The highest BCUT2D eigenvalue weighted by Gasteiger charge is 2.09. The van der Waals surface area contributed by atoms with Crippen LogP contribution >= 0.6 is 0 Å². The second-order valence-electron chi connectivity index (χ2n) is 4.24. The van der Waals surface area contributed by atoms with Crippen LogP contribution < -0.4 is 5.32 Å². The van der Waals surface area contributed by atoms with Crippen LogP contribution in [-0.2, 0) is 4.79 Å². The number of carboxylic acids is 1. The lowest BCUT2D eigenvalue weighted by Crippen LogP contribution is -2.27. The second-order valence-corrected chi connectivity index (χ2v) is 4.24. The Morgan fingerprint density at radius 3 is 2.83 bits per heavy atom. The lowest BCUT2D eigenvalue weighted by Gasteiger charge is -2.09. The first kappa shape index (κ1) is 13.9. The van der Waals surface area contributed by atoms with Crippen molar-refractivity contribution in [3.05, 3.63) is 35.7 Å². The van der Waals surface area contributed by atoms with Crippen molar-refractivity contribution in [1.29, 1.82) is 0 Å². The molecule has 0 saturated heterocycles. The van der Waals surface area contributed by atoms with Crippen LogP contribution in [0.2, 0.25) is 0 Å². The van der Waals surface area contributed by atoms with E-state index in [-0.39, 0.29) is 5.91 Å². The maximum atomic E-state index is 11.9. The fraction of sp³-hybridized carbons (Fsp3) is 0.308. The zero-order valence-electron chi connectivity index (χ0n) is 10.4. The van der Waals surface area contributed by atoms with Gasteiger partial charge in [-0.1, -0.05) is 13.8 Å². The molecule has 0 spiro atoms. The quantitative estimate of drug-likeness (QED) is 0.775. The minimum absolute atomic E-state index is 0.226. The highest BCUT2D eigenvalue weighted by atomic mass is 16.4. The van der Waals surface area contributed by atoms with Gasteiger partial charge in [-0.3, -0.25) is 9.78 Å². The highest BCUT2D eigenvalue weighted by molar-refractivity contribution is 5.98. The number of amides is 1. The number of carbonyl (C=O) groups excluding carboxylic acids is 1. The van der Waals surface area contributed by atoms with Crippen molar-refractivity contribution >= 4 is 18.0 Å². The Bertz CT molecular complexity index is 467. The lowest BCUT2D eigenvalue weighted by atomic mass is 10.1. The smallest absolute Gasteiger partial charge is 0.328 e. The van der Waals surface area contributed by atoms with Crippen molar-refractivity contribution in [1.82, 2.24) is 10.3 Å². The van der Waals surface area contributed by atoms with Gasteiger partial charge in [0.05, 0.1) is 0 Å². The van der Waals surface area contributed by atoms with Crippen molar-refractivity contribution in [3.63, 3.8) is 0 Å². The van der Waals surface area contributed by atoms with E-state index in [1.165, 1.54) is 18.5 Å². The molecule has 1 rings (SSSR count). The Morgan fingerprint density at radius 2 is 2.22 bits per heavy atom. The molecule has 1 aromatic heterocycles. The molecule has 5 heteroatoms. The molecule has 0 atom stereocenters. The number of carbonyl (C=O) groups is 2. The van der Waals surface area contributed by atoms with E-state index in [4.69, 9.17) is 5.11 Å². The van der Waals surface area contributed by atoms with Crippen molar-refractivity contribution < 1.29 is 14.7 Å². The zero-order chi connectivity index (χ0) is 13.5. The third-order valence-electron chi connectivity index (χ3n) is 2.17. The summed E-state index contributed by atoms with van der Waals surface area (Å²) in [6, 6.07) is 1.57. The molecule has 18 heavy (non-hydrogen) atoms. The standard InChI is InChI=1S/C13H16N2O3/c1-9(2)7-15-13(18)11-5-6-14-8-10(11)3-4-12(16)17/h3-6,8-9H,7H2,1-2H3,(H,15,18)(H,16,17). The Morgan fingerprint density at radius 1 is 1.50 bits per heavy atom. The van der Waals surface area contributed by atoms with Gasteiger partial charge in [-0.15, -0.1) is 0 Å². The first-order chi connectivity index (χ1) is 8.50. The van der Waals surface area contributed by atoms with Crippen LogP contribution in [0.1, 0.15) is 29.8 Å². The number of nitrogens with one attached hydrogen (secondary N) is 1. The molecule has 96 valence electrons. The van der Waals surface area contributed by atoms with Crippen molar-refractivity contribution in [2.75, 3.05) is 6.54 Å². The van der Waals surface area contributed by atoms with Gasteiger partial charge < -0.3 is 10.4 Å². The lowest BCUT2D eigenvalue weighted by molar-refractivity contribution is -0.131. The largest absolute Gasteiger partial charge is 0.478 e. The molecular weight excluding hydrogens is 232 g/mol. The molecule has 1 aromatic rings. The molecule has 0 aliphatic rings. The summed E-state index contributed by atoms with van der Waals surface area (Å²) in [5.74, 6) is -0.933. The van der Waals surface area contributed by atoms with Crippen LogP contribution in [0.25, 0.3) is 6.08 Å². The van der Waals surface area contributed by atoms with Gasteiger partial charge in [0.25, 0.3) is 5.91 Å². The van der Waals surface area contributed by atoms with Crippen molar-refractivity contribution in [3.8, 4) is 0 Å². The number of rotatable bonds is 5. The molecule has 1 amide bonds. The third-order valence-corrected chi connectivity index (χ3v) is 2.17. The van der Waals surface area contributed by atoms with Crippen LogP contribution in [0.5, 0.6) is 0 Å². The van der Waals surface area contributed by atoms with Crippen molar-refractivity contribution in [2.24, 2.45) is 5.92 Å². The molecule has 0 radical (unpaired) electrons. The van der Waals surface area contributed by atoms with E-state index in [0.717, 1.165) is 6.08 Å². The number of nitrogens with zero attached hydrogens (tertiary/aromatic N) is 1. The molecule has 2 N–H and O–H groups in total. The fourth-order valence-electron chi connectivity index (χ4n) is 1.30.